The Balaban J connectivity index is 1.61. The van der Waals surface area contributed by atoms with Gasteiger partial charge in [0.15, 0.2) is 0 Å². The Morgan fingerprint density at radius 1 is 1.03 bits per heavy atom. The monoisotopic (exact) mass is 454 g/mol. The molecule has 0 bridgehead atoms. The van der Waals surface area contributed by atoms with Crippen LogP contribution in [0.3, 0.4) is 0 Å². The Labute approximate surface area is 196 Å². The smallest absolute Gasteiger partial charge is 0.273 e. The third-order valence-electron chi connectivity index (χ3n) is 6.12. The van der Waals surface area contributed by atoms with Crippen LogP contribution in [0.2, 0.25) is 0 Å². The van der Waals surface area contributed by atoms with Gasteiger partial charge < -0.3 is 9.64 Å². The van der Waals surface area contributed by atoms with E-state index < -0.39 is 11.0 Å². The summed E-state index contributed by atoms with van der Waals surface area (Å²) in [5.74, 6) is 0.561. The highest BCUT2D eigenvalue weighted by molar-refractivity contribution is 6.00. The Kier molecular flexibility index (Phi) is 5.33. The number of aromatic nitrogens is 2. The van der Waals surface area contributed by atoms with Crippen LogP contribution in [-0.2, 0) is 6.54 Å². The molecule has 1 aromatic heterocycles. The van der Waals surface area contributed by atoms with Crippen molar-refractivity contribution in [2.75, 3.05) is 7.11 Å². The summed E-state index contributed by atoms with van der Waals surface area (Å²) in [6, 6.07) is 21.4. The molecule has 1 aliphatic heterocycles. The van der Waals surface area contributed by atoms with Gasteiger partial charge in [0, 0.05) is 29.8 Å². The number of aromatic amines is 1. The first kappa shape index (κ1) is 21.4. The van der Waals surface area contributed by atoms with Gasteiger partial charge in [0.05, 0.1) is 23.8 Å². The van der Waals surface area contributed by atoms with E-state index in [2.05, 4.69) is 10.2 Å². The summed E-state index contributed by atoms with van der Waals surface area (Å²) in [7, 11) is 1.60. The van der Waals surface area contributed by atoms with E-state index in [1.165, 1.54) is 12.1 Å². The summed E-state index contributed by atoms with van der Waals surface area (Å²) < 4.78 is 5.26. The van der Waals surface area contributed by atoms with E-state index in [1.54, 1.807) is 24.1 Å². The highest BCUT2D eigenvalue weighted by Gasteiger charge is 2.42. The van der Waals surface area contributed by atoms with Gasteiger partial charge in [-0.1, -0.05) is 29.8 Å². The van der Waals surface area contributed by atoms with Gasteiger partial charge in [0.1, 0.15) is 11.4 Å². The van der Waals surface area contributed by atoms with Crippen LogP contribution in [0.1, 0.15) is 38.8 Å². The van der Waals surface area contributed by atoms with Gasteiger partial charge in [0.2, 0.25) is 0 Å². The highest BCUT2D eigenvalue weighted by atomic mass is 16.6. The van der Waals surface area contributed by atoms with E-state index in [1.807, 2.05) is 55.5 Å². The summed E-state index contributed by atoms with van der Waals surface area (Å²) in [5.41, 5.74) is 5.62. The summed E-state index contributed by atoms with van der Waals surface area (Å²) in [5, 5.41) is 18.6. The third kappa shape index (κ3) is 3.69. The lowest BCUT2D eigenvalue weighted by Crippen LogP contribution is -2.29. The number of nitrogens with zero attached hydrogens (tertiary/aromatic N) is 3. The van der Waals surface area contributed by atoms with Crippen LogP contribution in [0, 0.1) is 17.0 Å². The molecule has 5 rings (SSSR count). The third-order valence-corrected chi connectivity index (χ3v) is 6.12. The van der Waals surface area contributed by atoms with Crippen LogP contribution < -0.4 is 4.74 Å². The van der Waals surface area contributed by atoms with Crippen molar-refractivity contribution < 1.29 is 14.5 Å². The Morgan fingerprint density at radius 2 is 1.71 bits per heavy atom. The maximum absolute atomic E-state index is 13.5. The molecule has 1 amide bonds. The molecule has 0 saturated carbocycles. The molecule has 0 saturated heterocycles. The van der Waals surface area contributed by atoms with Crippen molar-refractivity contribution in [1.29, 1.82) is 0 Å². The summed E-state index contributed by atoms with van der Waals surface area (Å²) >= 11 is 0. The minimum atomic E-state index is -0.444. The fraction of sp³-hybridized carbons (Fsp3) is 0.154. The molecular weight excluding hydrogens is 432 g/mol. The number of nitro groups is 1. The van der Waals surface area contributed by atoms with Gasteiger partial charge in [-0.3, -0.25) is 20.0 Å². The molecule has 0 spiro atoms. The lowest BCUT2D eigenvalue weighted by atomic mass is 9.95. The van der Waals surface area contributed by atoms with Crippen LogP contribution >= 0.6 is 0 Å². The second kappa shape index (κ2) is 8.47. The van der Waals surface area contributed by atoms with E-state index in [0.29, 0.717) is 17.9 Å². The zero-order valence-corrected chi connectivity index (χ0v) is 18.7. The second-order valence-electron chi connectivity index (χ2n) is 8.26. The lowest BCUT2D eigenvalue weighted by molar-refractivity contribution is -0.384. The Hall–Kier alpha value is -4.46. The van der Waals surface area contributed by atoms with Crippen LogP contribution in [0.5, 0.6) is 5.75 Å². The number of carbonyl (C=O) groups excluding carboxylic acids is 1. The molecule has 1 N–H and O–H groups in total. The molecular formula is C26H22N4O4. The number of amides is 1. The summed E-state index contributed by atoms with van der Waals surface area (Å²) in [6.07, 6.45) is 0. The van der Waals surface area contributed by atoms with Crippen molar-refractivity contribution in [2.24, 2.45) is 0 Å². The Bertz CT molecular complexity index is 1360. The van der Waals surface area contributed by atoms with Crippen molar-refractivity contribution in [1.82, 2.24) is 15.1 Å². The van der Waals surface area contributed by atoms with Crippen molar-refractivity contribution in [3.05, 3.63) is 111 Å². The first-order valence-electron chi connectivity index (χ1n) is 10.8. The number of ether oxygens (including phenoxy) is 1. The van der Waals surface area contributed by atoms with E-state index in [9.17, 15) is 14.9 Å². The van der Waals surface area contributed by atoms with Gasteiger partial charge in [0.25, 0.3) is 11.6 Å². The van der Waals surface area contributed by atoms with Gasteiger partial charge in [-0.05, 0) is 54.4 Å². The first-order valence-corrected chi connectivity index (χ1v) is 10.8. The molecule has 2 heterocycles. The second-order valence-corrected chi connectivity index (χ2v) is 8.26. The Morgan fingerprint density at radius 3 is 2.32 bits per heavy atom. The van der Waals surface area contributed by atoms with Crippen molar-refractivity contribution in [3.8, 4) is 17.0 Å². The van der Waals surface area contributed by atoms with E-state index in [0.717, 1.165) is 33.6 Å². The molecule has 3 aromatic carbocycles. The maximum atomic E-state index is 13.5. The molecule has 8 heteroatoms. The molecule has 1 aliphatic rings. The van der Waals surface area contributed by atoms with Crippen LogP contribution in [-0.4, -0.2) is 33.0 Å². The number of H-pyrrole nitrogens is 1. The molecule has 1 unspecified atom stereocenters. The molecule has 8 nitrogen and oxygen atoms in total. The number of hydrogen-bond donors (Lipinski definition) is 1. The quantitative estimate of drug-likeness (QED) is 0.325. The predicted molar refractivity (Wildman–Crippen MR) is 127 cm³/mol. The maximum Gasteiger partial charge on any atom is 0.273 e. The van der Waals surface area contributed by atoms with Crippen LogP contribution in [0.4, 0.5) is 5.69 Å². The topological polar surface area (TPSA) is 101 Å². The number of hydrogen-bond acceptors (Lipinski definition) is 5. The molecule has 170 valence electrons. The van der Waals surface area contributed by atoms with Gasteiger partial charge >= 0.3 is 0 Å². The highest BCUT2D eigenvalue weighted by Crippen LogP contribution is 2.44. The molecule has 0 fully saturated rings. The van der Waals surface area contributed by atoms with Gasteiger partial charge in [-0.15, -0.1) is 0 Å². The van der Waals surface area contributed by atoms with E-state index in [4.69, 9.17) is 4.74 Å². The zero-order valence-electron chi connectivity index (χ0n) is 18.7. The molecule has 34 heavy (non-hydrogen) atoms. The summed E-state index contributed by atoms with van der Waals surface area (Å²) in [6.45, 7) is 2.41. The average Bonchev–Trinajstić information content (AvgIpc) is 3.40. The van der Waals surface area contributed by atoms with Crippen LogP contribution in [0.15, 0.2) is 72.8 Å². The number of fused-ring (bicyclic) bond motifs is 1. The van der Waals surface area contributed by atoms with Crippen molar-refractivity contribution in [2.45, 2.75) is 19.5 Å². The first-order chi connectivity index (χ1) is 16.5. The number of rotatable bonds is 6. The number of carbonyl (C=O) groups is 1. The van der Waals surface area contributed by atoms with E-state index >= 15 is 0 Å². The fourth-order valence-corrected chi connectivity index (χ4v) is 4.34. The number of non-ortho nitro benzene ring substituents is 1. The summed E-state index contributed by atoms with van der Waals surface area (Å²) in [4.78, 5) is 26.0. The normalized spacial score (nSPS) is 14.8. The number of nitro benzene ring substituents is 1. The largest absolute Gasteiger partial charge is 0.497 e. The van der Waals surface area contributed by atoms with Crippen LogP contribution in [0.25, 0.3) is 11.3 Å². The van der Waals surface area contributed by atoms with Crippen molar-refractivity contribution in [3.63, 3.8) is 0 Å². The SMILES string of the molecule is COc1ccc(-c2n[nH]c3c2C(c2ccc([N+](=O)[O-])cc2)N(Cc2ccc(C)cc2)C3=O)cc1. The zero-order chi connectivity index (χ0) is 23.8. The minimum Gasteiger partial charge on any atom is -0.497 e. The number of methoxy groups -OCH3 is 1. The lowest BCUT2D eigenvalue weighted by Gasteiger charge is -2.26. The minimum absolute atomic E-state index is 0.000882. The molecule has 1 atom stereocenters. The van der Waals surface area contributed by atoms with E-state index in [-0.39, 0.29) is 11.6 Å². The fourth-order valence-electron chi connectivity index (χ4n) is 4.34. The molecule has 0 radical (unpaired) electrons. The number of benzene rings is 3. The standard InChI is InChI=1S/C26H22N4O4/c1-16-3-5-17(6-4-16)15-29-25(19-7-11-20(12-8-19)30(32)33)22-23(27-28-24(22)26(29)31)18-9-13-21(34-2)14-10-18/h3-14,25H,15H2,1-2H3,(H,27,28). The van der Waals surface area contributed by atoms with Gasteiger partial charge in [-0.25, -0.2) is 0 Å². The predicted octanol–water partition coefficient (Wildman–Crippen LogP) is 5.05. The molecule has 0 aliphatic carbocycles. The molecule has 4 aromatic rings. The number of nitrogens with one attached hydrogen (secondary N) is 1. The average molecular weight is 454 g/mol. The van der Waals surface area contributed by atoms with Crippen molar-refractivity contribution >= 4 is 11.6 Å². The van der Waals surface area contributed by atoms with Gasteiger partial charge in [-0.2, -0.15) is 5.10 Å². The number of aryl methyl sites for hydroxylation is 1.